The van der Waals surface area contributed by atoms with Gasteiger partial charge in [-0.2, -0.15) is 0 Å². The zero-order chi connectivity index (χ0) is 20.7. The standard InChI is InChI=1S/C21H19ClN4O3S/c22-15-5-1-14(2-6-15)20-24-25-21(29-20)23-19(27)13-3-11-18(12-4-13)30(28)26(16-7-8-16)17-9-10-17/h1-6,11-12,16-17H,7-10H2,(H,23,25,27). The van der Waals surface area contributed by atoms with Crippen LogP contribution in [0, 0.1) is 0 Å². The van der Waals surface area contributed by atoms with Gasteiger partial charge in [-0.15, -0.1) is 5.10 Å². The summed E-state index contributed by atoms with van der Waals surface area (Å²) in [7, 11) is -1.18. The molecule has 0 bridgehead atoms. The van der Waals surface area contributed by atoms with Gasteiger partial charge in [0.1, 0.15) is 11.0 Å². The number of hydrogen-bond acceptors (Lipinski definition) is 5. The molecule has 1 unspecified atom stereocenters. The molecule has 2 fully saturated rings. The van der Waals surface area contributed by atoms with E-state index in [1.54, 1.807) is 48.5 Å². The van der Waals surface area contributed by atoms with E-state index in [1.807, 2.05) is 0 Å². The molecule has 30 heavy (non-hydrogen) atoms. The minimum absolute atomic E-state index is 0.00578. The van der Waals surface area contributed by atoms with Crippen LogP contribution in [-0.4, -0.2) is 36.7 Å². The van der Waals surface area contributed by atoms with Crippen molar-refractivity contribution in [3.63, 3.8) is 0 Å². The van der Waals surface area contributed by atoms with Crippen molar-refractivity contribution in [1.82, 2.24) is 14.5 Å². The van der Waals surface area contributed by atoms with Gasteiger partial charge in [0.05, 0.1) is 4.90 Å². The molecular formula is C21H19ClN4O3S. The Hall–Kier alpha value is -2.55. The van der Waals surface area contributed by atoms with Crippen molar-refractivity contribution in [2.75, 3.05) is 5.32 Å². The second kappa shape index (κ2) is 7.94. The smallest absolute Gasteiger partial charge is 0.322 e. The molecule has 1 aromatic heterocycles. The van der Waals surface area contributed by atoms with Gasteiger partial charge in [-0.05, 0) is 74.2 Å². The van der Waals surface area contributed by atoms with Crippen molar-refractivity contribution in [3.05, 3.63) is 59.1 Å². The lowest BCUT2D eigenvalue weighted by atomic mass is 10.2. The first-order valence-electron chi connectivity index (χ1n) is 9.79. The third-order valence-corrected chi connectivity index (χ3v) is 6.97. The molecule has 1 heterocycles. The summed E-state index contributed by atoms with van der Waals surface area (Å²) in [4.78, 5) is 13.2. The van der Waals surface area contributed by atoms with Crippen molar-refractivity contribution in [2.24, 2.45) is 0 Å². The number of carbonyl (C=O) groups is 1. The minimum Gasteiger partial charge on any atom is -0.403 e. The largest absolute Gasteiger partial charge is 0.403 e. The molecule has 1 atom stereocenters. The predicted octanol–water partition coefficient (Wildman–Crippen LogP) is 4.29. The SMILES string of the molecule is O=C(Nc1nnc(-c2ccc(Cl)cc2)o1)c1ccc(S(=O)N(C2CC2)C2CC2)cc1. The molecule has 3 aromatic rings. The van der Waals surface area contributed by atoms with Crippen LogP contribution >= 0.6 is 11.6 Å². The van der Waals surface area contributed by atoms with Gasteiger partial charge in [-0.25, -0.2) is 8.51 Å². The molecule has 0 radical (unpaired) electrons. The number of rotatable bonds is 7. The first-order chi connectivity index (χ1) is 14.6. The normalized spacial score (nSPS) is 17.1. The minimum atomic E-state index is -1.18. The fourth-order valence-corrected chi connectivity index (χ4v) is 4.93. The molecule has 1 amide bonds. The van der Waals surface area contributed by atoms with Crippen LogP contribution in [0.15, 0.2) is 57.8 Å². The number of nitrogens with zero attached hydrogens (tertiary/aromatic N) is 3. The van der Waals surface area contributed by atoms with Crippen LogP contribution < -0.4 is 5.32 Å². The average molecular weight is 443 g/mol. The van der Waals surface area contributed by atoms with Crippen LogP contribution in [0.1, 0.15) is 36.0 Å². The zero-order valence-corrected chi connectivity index (χ0v) is 17.5. The highest BCUT2D eigenvalue weighted by molar-refractivity contribution is 7.82. The summed E-state index contributed by atoms with van der Waals surface area (Å²) < 4.78 is 20.6. The summed E-state index contributed by atoms with van der Waals surface area (Å²) in [5.74, 6) is -0.0900. The molecule has 2 saturated carbocycles. The molecule has 1 N–H and O–H groups in total. The second-order valence-electron chi connectivity index (χ2n) is 7.47. The van der Waals surface area contributed by atoms with E-state index in [4.69, 9.17) is 16.0 Å². The first-order valence-corrected chi connectivity index (χ1v) is 11.3. The van der Waals surface area contributed by atoms with Gasteiger partial charge < -0.3 is 4.42 Å². The lowest BCUT2D eigenvalue weighted by Crippen LogP contribution is -2.30. The van der Waals surface area contributed by atoms with Crippen LogP contribution in [0.25, 0.3) is 11.5 Å². The fourth-order valence-electron chi connectivity index (χ4n) is 3.22. The molecule has 9 heteroatoms. The lowest BCUT2D eigenvalue weighted by Gasteiger charge is -2.20. The Morgan fingerprint density at radius 3 is 2.23 bits per heavy atom. The highest BCUT2D eigenvalue weighted by Gasteiger charge is 2.42. The number of benzene rings is 2. The third-order valence-electron chi connectivity index (χ3n) is 5.06. The Bertz CT molecular complexity index is 1080. The highest BCUT2D eigenvalue weighted by Crippen LogP contribution is 2.39. The Morgan fingerprint density at radius 1 is 1.00 bits per heavy atom. The van der Waals surface area contributed by atoms with E-state index in [-0.39, 0.29) is 17.8 Å². The van der Waals surface area contributed by atoms with E-state index in [1.165, 1.54) is 0 Å². The van der Waals surface area contributed by atoms with Crippen molar-refractivity contribution in [1.29, 1.82) is 0 Å². The molecule has 5 rings (SSSR count). The molecule has 154 valence electrons. The van der Waals surface area contributed by atoms with Crippen LogP contribution in [-0.2, 0) is 11.0 Å². The van der Waals surface area contributed by atoms with Crippen molar-refractivity contribution < 1.29 is 13.4 Å². The maximum Gasteiger partial charge on any atom is 0.322 e. The summed E-state index contributed by atoms with van der Waals surface area (Å²) in [5, 5.41) is 11.0. The topological polar surface area (TPSA) is 88.3 Å². The summed E-state index contributed by atoms with van der Waals surface area (Å²) in [6, 6.07) is 14.7. The molecule has 0 aliphatic heterocycles. The maximum absolute atomic E-state index is 12.9. The van der Waals surface area contributed by atoms with Crippen LogP contribution in [0.5, 0.6) is 0 Å². The molecular weight excluding hydrogens is 424 g/mol. The van der Waals surface area contributed by atoms with Gasteiger partial charge in [-0.1, -0.05) is 16.7 Å². The number of anilines is 1. The Kier molecular flexibility index (Phi) is 5.14. The van der Waals surface area contributed by atoms with Gasteiger partial charge in [0, 0.05) is 28.2 Å². The summed E-state index contributed by atoms with van der Waals surface area (Å²) in [6.07, 6.45) is 4.46. The van der Waals surface area contributed by atoms with E-state index in [0.29, 0.717) is 33.1 Å². The summed E-state index contributed by atoms with van der Waals surface area (Å²) in [5.41, 5.74) is 1.13. The quantitative estimate of drug-likeness (QED) is 0.589. The van der Waals surface area contributed by atoms with Crippen molar-refractivity contribution >= 4 is 34.5 Å². The number of amides is 1. The second-order valence-corrected chi connectivity index (χ2v) is 9.30. The van der Waals surface area contributed by atoms with Gasteiger partial charge in [-0.3, -0.25) is 10.1 Å². The lowest BCUT2D eigenvalue weighted by molar-refractivity contribution is 0.102. The van der Waals surface area contributed by atoms with E-state index >= 15 is 0 Å². The zero-order valence-electron chi connectivity index (χ0n) is 16.0. The molecule has 0 spiro atoms. The van der Waals surface area contributed by atoms with Gasteiger partial charge in [0.25, 0.3) is 5.91 Å². The highest BCUT2D eigenvalue weighted by atomic mass is 35.5. The van der Waals surface area contributed by atoms with E-state index < -0.39 is 11.0 Å². The van der Waals surface area contributed by atoms with Crippen molar-refractivity contribution in [3.8, 4) is 11.5 Å². The number of aromatic nitrogens is 2. The number of hydrogen-bond donors (Lipinski definition) is 1. The molecule has 7 nitrogen and oxygen atoms in total. The average Bonchev–Trinajstić information content (AvgIpc) is 3.70. The Balaban J connectivity index is 1.25. The van der Waals surface area contributed by atoms with E-state index in [2.05, 4.69) is 19.8 Å². The van der Waals surface area contributed by atoms with E-state index in [0.717, 1.165) is 25.7 Å². The predicted molar refractivity (Wildman–Crippen MR) is 113 cm³/mol. The third kappa shape index (κ3) is 4.16. The first kappa shape index (κ1) is 19.4. The van der Waals surface area contributed by atoms with Crippen LogP contribution in [0.3, 0.4) is 0 Å². The molecule has 2 aliphatic rings. The molecule has 2 aromatic carbocycles. The Labute approximate surface area is 181 Å². The van der Waals surface area contributed by atoms with Gasteiger partial charge >= 0.3 is 6.01 Å². The summed E-state index contributed by atoms with van der Waals surface area (Å²) >= 11 is 5.88. The maximum atomic E-state index is 12.9. The molecule has 0 saturated heterocycles. The number of nitrogens with one attached hydrogen (secondary N) is 1. The monoisotopic (exact) mass is 442 g/mol. The number of carbonyl (C=O) groups excluding carboxylic acids is 1. The van der Waals surface area contributed by atoms with Crippen LogP contribution in [0.2, 0.25) is 5.02 Å². The fraction of sp³-hybridized carbons (Fsp3) is 0.286. The Morgan fingerprint density at radius 2 is 1.63 bits per heavy atom. The van der Waals surface area contributed by atoms with Gasteiger partial charge in [0.2, 0.25) is 5.89 Å². The van der Waals surface area contributed by atoms with Gasteiger partial charge in [0.15, 0.2) is 0 Å². The van der Waals surface area contributed by atoms with Crippen molar-refractivity contribution in [2.45, 2.75) is 42.7 Å². The summed E-state index contributed by atoms with van der Waals surface area (Å²) in [6.45, 7) is 0. The molecule has 2 aliphatic carbocycles. The van der Waals surface area contributed by atoms with Crippen LogP contribution in [0.4, 0.5) is 6.01 Å². The number of halogens is 1. The van der Waals surface area contributed by atoms with E-state index in [9.17, 15) is 9.00 Å².